The Morgan fingerprint density at radius 3 is 2.65 bits per heavy atom. The molecule has 0 radical (unpaired) electrons. The molecule has 0 saturated carbocycles. The molecule has 1 aromatic heterocycles. The van der Waals surface area contributed by atoms with Gasteiger partial charge in [-0.2, -0.15) is 0 Å². The fraction of sp³-hybridized carbons (Fsp3) is 0.444. The van der Waals surface area contributed by atoms with Crippen LogP contribution in [0.1, 0.15) is 30.8 Å². The number of halogens is 1. The van der Waals surface area contributed by atoms with E-state index >= 15 is 0 Å². The third kappa shape index (κ3) is 3.55. The molecule has 0 fully saturated rings. The number of carbonyl (C=O) groups excluding carboxylic acids is 1. The SMILES string of the molecule is CCC(C)OC(=O)c1cc(S(N)(=O)=O)c(Br)o1. The molecule has 8 heteroatoms. The van der Waals surface area contributed by atoms with E-state index in [0.717, 1.165) is 6.07 Å². The highest BCUT2D eigenvalue weighted by Crippen LogP contribution is 2.25. The average Bonchev–Trinajstić information content (AvgIpc) is 2.59. The molecule has 17 heavy (non-hydrogen) atoms. The van der Waals surface area contributed by atoms with E-state index in [2.05, 4.69) is 15.9 Å². The molecule has 96 valence electrons. The van der Waals surface area contributed by atoms with Crippen LogP contribution in [0.2, 0.25) is 0 Å². The van der Waals surface area contributed by atoms with Crippen molar-refractivity contribution in [2.24, 2.45) is 5.14 Å². The topological polar surface area (TPSA) is 99.6 Å². The summed E-state index contributed by atoms with van der Waals surface area (Å²) >= 11 is 2.87. The smallest absolute Gasteiger partial charge is 0.374 e. The van der Waals surface area contributed by atoms with Crippen molar-refractivity contribution in [3.63, 3.8) is 0 Å². The molecule has 0 amide bonds. The number of nitrogens with two attached hydrogens (primary N) is 1. The van der Waals surface area contributed by atoms with Crippen molar-refractivity contribution in [1.82, 2.24) is 0 Å². The monoisotopic (exact) mass is 325 g/mol. The standard InChI is InChI=1S/C9H12BrNO5S/c1-3-5(2)15-9(12)6-4-7(8(10)16-6)17(11,13)14/h4-5H,3H2,1-2H3,(H2,11,13,14). The summed E-state index contributed by atoms with van der Waals surface area (Å²) < 4.78 is 32.0. The zero-order chi connectivity index (χ0) is 13.2. The number of rotatable bonds is 4. The minimum Gasteiger partial charge on any atom is -0.457 e. The first-order valence-corrected chi connectivity index (χ1v) is 7.12. The quantitative estimate of drug-likeness (QED) is 0.848. The van der Waals surface area contributed by atoms with Gasteiger partial charge in [-0.15, -0.1) is 0 Å². The summed E-state index contributed by atoms with van der Waals surface area (Å²) in [5, 5.41) is 4.93. The van der Waals surface area contributed by atoms with Gasteiger partial charge < -0.3 is 9.15 Å². The fourth-order valence-electron chi connectivity index (χ4n) is 0.971. The molecule has 1 rings (SSSR count). The molecular weight excluding hydrogens is 314 g/mol. The first-order chi connectivity index (χ1) is 7.75. The maximum absolute atomic E-state index is 11.5. The van der Waals surface area contributed by atoms with Crippen molar-refractivity contribution in [3.05, 3.63) is 16.5 Å². The molecule has 1 aromatic rings. The van der Waals surface area contributed by atoms with Crippen LogP contribution in [0.3, 0.4) is 0 Å². The summed E-state index contributed by atoms with van der Waals surface area (Å²) in [6, 6.07) is 1.03. The maximum atomic E-state index is 11.5. The van der Waals surface area contributed by atoms with Crippen molar-refractivity contribution in [3.8, 4) is 0 Å². The van der Waals surface area contributed by atoms with E-state index in [1.807, 2.05) is 6.92 Å². The molecule has 1 atom stereocenters. The van der Waals surface area contributed by atoms with Crippen molar-refractivity contribution in [1.29, 1.82) is 0 Å². The van der Waals surface area contributed by atoms with Gasteiger partial charge in [0.15, 0.2) is 4.67 Å². The van der Waals surface area contributed by atoms with Crippen LogP contribution >= 0.6 is 15.9 Å². The van der Waals surface area contributed by atoms with Gasteiger partial charge in [-0.3, -0.25) is 0 Å². The number of ether oxygens (including phenoxy) is 1. The van der Waals surface area contributed by atoms with Crippen molar-refractivity contribution in [2.45, 2.75) is 31.3 Å². The highest BCUT2D eigenvalue weighted by atomic mass is 79.9. The van der Waals surface area contributed by atoms with Gasteiger partial charge in [0, 0.05) is 6.07 Å². The largest absolute Gasteiger partial charge is 0.457 e. The number of hydrogen-bond acceptors (Lipinski definition) is 5. The normalized spacial score (nSPS) is 13.4. The molecule has 6 nitrogen and oxygen atoms in total. The minimum atomic E-state index is -3.93. The predicted octanol–water partition coefficient (Wildman–Crippen LogP) is 1.64. The van der Waals surface area contributed by atoms with Crippen LogP contribution in [0, 0.1) is 0 Å². The molecule has 0 aromatic carbocycles. The summed E-state index contributed by atoms with van der Waals surface area (Å²) in [5.41, 5.74) is 0. The highest BCUT2D eigenvalue weighted by molar-refractivity contribution is 9.10. The summed E-state index contributed by atoms with van der Waals surface area (Å²) in [6.07, 6.45) is 0.375. The van der Waals surface area contributed by atoms with E-state index in [0.29, 0.717) is 6.42 Å². The van der Waals surface area contributed by atoms with Crippen LogP contribution in [0.4, 0.5) is 0 Å². The molecule has 1 heterocycles. The lowest BCUT2D eigenvalue weighted by Gasteiger charge is -2.08. The Morgan fingerprint density at radius 2 is 2.24 bits per heavy atom. The third-order valence-electron chi connectivity index (χ3n) is 2.05. The van der Waals surface area contributed by atoms with E-state index in [4.69, 9.17) is 14.3 Å². The number of sulfonamides is 1. The molecule has 0 spiro atoms. The Kier molecular flexibility index (Phi) is 4.34. The van der Waals surface area contributed by atoms with Gasteiger partial charge >= 0.3 is 5.97 Å². The number of esters is 1. The zero-order valence-corrected chi connectivity index (χ0v) is 11.7. The molecule has 2 N–H and O–H groups in total. The second kappa shape index (κ2) is 5.19. The van der Waals surface area contributed by atoms with E-state index in [1.165, 1.54) is 0 Å². The Hall–Kier alpha value is -0.860. The number of carbonyl (C=O) groups is 1. The third-order valence-corrected chi connectivity index (χ3v) is 3.81. The Morgan fingerprint density at radius 1 is 1.65 bits per heavy atom. The fourth-order valence-corrected chi connectivity index (χ4v) is 2.47. The van der Waals surface area contributed by atoms with Gasteiger partial charge in [0.05, 0.1) is 6.10 Å². The lowest BCUT2D eigenvalue weighted by Crippen LogP contribution is -2.14. The van der Waals surface area contributed by atoms with Gasteiger partial charge in [-0.1, -0.05) is 6.92 Å². The van der Waals surface area contributed by atoms with Crippen LogP contribution < -0.4 is 5.14 Å². The van der Waals surface area contributed by atoms with E-state index in [-0.39, 0.29) is 21.4 Å². The first-order valence-electron chi connectivity index (χ1n) is 4.78. The Bertz CT molecular complexity index is 521. The highest BCUT2D eigenvalue weighted by Gasteiger charge is 2.23. The molecule has 0 aliphatic rings. The predicted molar refractivity (Wildman–Crippen MR) is 62.9 cm³/mol. The summed E-state index contributed by atoms with van der Waals surface area (Å²) in [6.45, 7) is 3.57. The number of primary sulfonamides is 1. The average molecular weight is 326 g/mol. The van der Waals surface area contributed by atoms with Crippen LogP contribution in [0.15, 0.2) is 20.0 Å². The Labute approximate surface area is 107 Å². The molecule has 0 aliphatic carbocycles. The van der Waals surface area contributed by atoms with Gasteiger partial charge in [0.1, 0.15) is 4.90 Å². The molecule has 0 bridgehead atoms. The number of hydrogen-bond donors (Lipinski definition) is 1. The van der Waals surface area contributed by atoms with Crippen LogP contribution in [0.25, 0.3) is 0 Å². The lowest BCUT2D eigenvalue weighted by molar-refractivity contribution is 0.0297. The second-order valence-electron chi connectivity index (χ2n) is 3.42. The van der Waals surface area contributed by atoms with Crippen LogP contribution in [0.5, 0.6) is 0 Å². The first kappa shape index (κ1) is 14.2. The maximum Gasteiger partial charge on any atom is 0.374 e. The minimum absolute atomic E-state index is 0.115. The second-order valence-corrected chi connectivity index (χ2v) is 5.67. The summed E-state index contributed by atoms with van der Waals surface area (Å²) in [7, 11) is -3.93. The summed E-state index contributed by atoms with van der Waals surface area (Å²) in [4.78, 5) is 11.3. The zero-order valence-electron chi connectivity index (χ0n) is 9.27. The molecular formula is C9H12BrNO5S. The van der Waals surface area contributed by atoms with Crippen molar-refractivity contribution in [2.75, 3.05) is 0 Å². The van der Waals surface area contributed by atoms with Gasteiger partial charge in [-0.25, -0.2) is 18.4 Å². The van der Waals surface area contributed by atoms with E-state index < -0.39 is 16.0 Å². The van der Waals surface area contributed by atoms with E-state index in [1.54, 1.807) is 6.92 Å². The van der Waals surface area contributed by atoms with E-state index in [9.17, 15) is 13.2 Å². The van der Waals surface area contributed by atoms with Crippen molar-refractivity contribution >= 4 is 31.9 Å². The molecule has 0 saturated heterocycles. The Balaban J connectivity index is 2.99. The molecule has 0 aliphatic heterocycles. The van der Waals surface area contributed by atoms with Crippen LogP contribution in [-0.2, 0) is 14.8 Å². The van der Waals surface area contributed by atoms with Crippen LogP contribution in [-0.4, -0.2) is 20.5 Å². The molecule has 1 unspecified atom stereocenters. The lowest BCUT2D eigenvalue weighted by atomic mass is 10.3. The summed E-state index contributed by atoms with van der Waals surface area (Å²) in [5.74, 6) is -0.934. The number of furan rings is 1. The van der Waals surface area contributed by atoms with Gasteiger partial charge in [-0.05, 0) is 29.3 Å². The van der Waals surface area contributed by atoms with Crippen molar-refractivity contribution < 1.29 is 22.4 Å². The van der Waals surface area contributed by atoms with Gasteiger partial charge in [0.2, 0.25) is 15.8 Å². The van der Waals surface area contributed by atoms with Gasteiger partial charge in [0.25, 0.3) is 0 Å².